The van der Waals surface area contributed by atoms with Crippen LogP contribution in [0.25, 0.3) is 0 Å². The number of nitrogens with one attached hydrogen (secondary N) is 1. The number of nitrogens with zero attached hydrogens (tertiary/aromatic N) is 1. The molecule has 0 amide bonds. The van der Waals surface area contributed by atoms with Crippen molar-refractivity contribution < 1.29 is 19.4 Å². The molecule has 126 valence electrons. The van der Waals surface area contributed by atoms with Crippen LogP contribution in [-0.2, 0) is 20.9 Å². The predicted octanol–water partition coefficient (Wildman–Crippen LogP) is 1.12. The van der Waals surface area contributed by atoms with E-state index in [1.54, 1.807) is 0 Å². The number of esters is 1. The van der Waals surface area contributed by atoms with E-state index in [1.807, 2.05) is 35.2 Å². The highest BCUT2D eigenvalue weighted by Crippen LogP contribution is 2.14. The van der Waals surface area contributed by atoms with Crippen LogP contribution in [-0.4, -0.2) is 54.7 Å². The average Bonchev–Trinajstić information content (AvgIpc) is 2.97. The lowest BCUT2D eigenvalue weighted by Crippen LogP contribution is -2.30. The summed E-state index contributed by atoms with van der Waals surface area (Å²) < 4.78 is 5.21. The minimum Gasteiger partial charge on any atom is -0.480 e. The Hall–Kier alpha value is -1.92. The maximum absolute atomic E-state index is 11.7. The first kappa shape index (κ1) is 17.4. The molecule has 0 aliphatic carbocycles. The van der Waals surface area contributed by atoms with E-state index in [-0.39, 0.29) is 12.5 Å². The fourth-order valence-electron chi connectivity index (χ4n) is 2.72. The molecule has 1 aromatic carbocycles. The molecular weight excluding hydrogens is 296 g/mol. The fraction of sp³-hybridized carbons (Fsp3) is 0.529. The molecule has 0 spiro atoms. The van der Waals surface area contributed by atoms with Crippen LogP contribution in [0.15, 0.2) is 30.3 Å². The molecule has 6 nitrogen and oxygen atoms in total. The summed E-state index contributed by atoms with van der Waals surface area (Å²) in [5.74, 6) is -0.533. The number of hydrogen-bond donors (Lipinski definition) is 2. The van der Waals surface area contributed by atoms with Gasteiger partial charge < -0.3 is 15.2 Å². The third kappa shape index (κ3) is 6.80. The number of benzene rings is 1. The summed E-state index contributed by atoms with van der Waals surface area (Å²) in [4.78, 5) is 24.2. The topological polar surface area (TPSA) is 78.9 Å². The Balaban J connectivity index is 1.52. The molecule has 1 fully saturated rings. The Morgan fingerprint density at radius 2 is 2.09 bits per heavy atom. The van der Waals surface area contributed by atoms with Gasteiger partial charge in [-0.25, -0.2) is 0 Å². The molecule has 1 heterocycles. The summed E-state index contributed by atoms with van der Waals surface area (Å²) in [5.41, 5.74) is 0.985. The molecule has 1 aliphatic heterocycles. The SMILES string of the molecule is O=C(O)CN1CCC(CNCCC(=O)OCc2ccccc2)C1. The first-order valence-corrected chi connectivity index (χ1v) is 7.98. The number of ether oxygens (including phenoxy) is 1. The van der Waals surface area contributed by atoms with Gasteiger partial charge in [0.15, 0.2) is 0 Å². The van der Waals surface area contributed by atoms with Crippen LogP contribution < -0.4 is 5.32 Å². The lowest BCUT2D eigenvalue weighted by Gasteiger charge is -2.13. The van der Waals surface area contributed by atoms with Crippen LogP contribution in [0, 0.1) is 5.92 Å². The smallest absolute Gasteiger partial charge is 0.317 e. The highest BCUT2D eigenvalue weighted by molar-refractivity contribution is 5.69. The molecule has 0 aromatic heterocycles. The lowest BCUT2D eigenvalue weighted by molar-refractivity contribution is -0.145. The molecule has 1 saturated heterocycles. The van der Waals surface area contributed by atoms with Crippen LogP contribution in [0.3, 0.4) is 0 Å². The third-order valence-electron chi connectivity index (χ3n) is 3.91. The summed E-state index contributed by atoms with van der Waals surface area (Å²) in [7, 11) is 0. The van der Waals surface area contributed by atoms with Crippen LogP contribution in [0.1, 0.15) is 18.4 Å². The van der Waals surface area contributed by atoms with E-state index in [4.69, 9.17) is 9.84 Å². The number of hydrogen-bond acceptors (Lipinski definition) is 5. The molecule has 23 heavy (non-hydrogen) atoms. The molecule has 0 saturated carbocycles. The van der Waals surface area contributed by atoms with Gasteiger partial charge in [-0.05, 0) is 31.0 Å². The van der Waals surface area contributed by atoms with E-state index in [0.29, 0.717) is 25.5 Å². The predicted molar refractivity (Wildman–Crippen MR) is 85.9 cm³/mol. The zero-order valence-electron chi connectivity index (χ0n) is 13.2. The summed E-state index contributed by atoms with van der Waals surface area (Å²) in [6, 6.07) is 9.61. The Labute approximate surface area is 136 Å². The van der Waals surface area contributed by atoms with Crippen molar-refractivity contribution in [2.45, 2.75) is 19.4 Å². The quantitative estimate of drug-likeness (QED) is 0.524. The number of carbonyl (C=O) groups is 2. The molecular formula is C17H24N2O4. The monoisotopic (exact) mass is 320 g/mol. The van der Waals surface area contributed by atoms with E-state index in [0.717, 1.165) is 31.6 Å². The number of carboxylic acids is 1. The van der Waals surface area contributed by atoms with E-state index in [9.17, 15) is 9.59 Å². The van der Waals surface area contributed by atoms with Crippen LogP contribution in [0.4, 0.5) is 0 Å². The van der Waals surface area contributed by atoms with Gasteiger partial charge in [-0.3, -0.25) is 14.5 Å². The molecule has 0 radical (unpaired) electrons. The number of carboxylic acid groups (broad SMARTS) is 1. The molecule has 1 aliphatic rings. The molecule has 1 aromatic rings. The van der Waals surface area contributed by atoms with Gasteiger partial charge >= 0.3 is 11.9 Å². The van der Waals surface area contributed by atoms with Gasteiger partial charge in [-0.1, -0.05) is 30.3 Å². The molecule has 2 N–H and O–H groups in total. The average molecular weight is 320 g/mol. The van der Waals surface area contributed by atoms with Crippen molar-refractivity contribution >= 4 is 11.9 Å². The zero-order valence-corrected chi connectivity index (χ0v) is 13.2. The standard InChI is InChI=1S/C17H24N2O4/c20-16(21)12-19-9-7-15(11-19)10-18-8-6-17(22)23-13-14-4-2-1-3-5-14/h1-5,15,18H,6-13H2,(H,20,21). The number of aliphatic carboxylic acids is 1. The number of rotatable bonds is 9. The van der Waals surface area contributed by atoms with Gasteiger partial charge in [0.1, 0.15) is 6.61 Å². The number of carbonyl (C=O) groups excluding carboxylic acids is 1. The van der Waals surface area contributed by atoms with Crippen molar-refractivity contribution in [2.24, 2.45) is 5.92 Å². The lowest BCUT2D eigenvalue weighted by atomic mass is 10.1. The Morgan fingerprint density at radius 1 is 1.30 bits per heavy atom. The Morgan fingerprint density at radius 3 is 2.83 bits per heavy atom. The Kier molecular flexibility index (Phi) is 7.03. The highest BCUT2D eigenvalue weighted by atomic mass is 16.5. The van der Waals surface area contributed by atoms with Crippen LogP contribution in [0.5, 0.6) is 0 Å². The van der Waals surface area contributed by atoms with E-state index < -0.39 is 5.97 Å². The molecule has 2 rings (SSSR count). The second kappa shape index (κ2) is 9.27. The maximum atomic E-state index is 11.7. The van der Waals surface area contributed by atoms with Crippen LogP contribution in [0.2, 0.25) is 0 Å². The summed E-state index contributed by atoms with van der Waals surface area (Å²) in [5, 5.41) is 12.0. The minimum absolute atomic E-state index is 0.113. The minimum atomic E-state index is -0.778. The third-order valence-corrected chi connectivity index (χ3v) is 3.91. The summed E-state index contributed by atoms with van der Waals surface area (Å²) in [6.07, 6.45) is 1.34. The first-order valence-electron chi connectivity index (χ1n) is 7.98. The normalized spacial score (nSPS) is 18.0. The van der Waals surface area contributed by atoms with Gasteiger partial charge in [-0.15, -0.1) is 0 Å². The largest absolute Gasteiger partial charge is 0.480 e. The van der Waals surface area contributed by atoms with Crippen molar-refractivity contribution in [1.82, 2.24) is 10.2 Å². The molecule has 1 atom stereocenters. The first-order chi connectivity index (χ1) is 11.1. The van der Waals surface area contributed by atoms with Crippen molar-refractivity contribution in [3.8, 4) is 0 Å². The van der Waals surface area contributed by atoms with Gasteiger partial charge in [0.2, 0.25) is 0 Å². The number of likely N-dealkylation sites (tertiary alicyclic amines) is 1. The van der Waals surface area contributed by atoms with Crippen molar-refractivity contribution in [3.63, 3.8) is 0 Å². The van der Waals surface area contributed by atoms with Crippen molar-refractivity contribution in [3.05, 3.63) is 35.9 Å². The van der Waals surface area contributed by atoms with Crippen molar-refractivity contribution in [1.29, 1.82) is 0 Å². The van der Waals surface area contributed by atoms with Crippen LogP contribution >= 0.6 is 0 Å². The zero-order chi connectivity index (χ0) is 16.5. The van der Waals surface area contributed by atoms with Crippen molar-refractivity contribution in [2.75, 3.05) is 32.7 Å². The summed E-state index contributed by atoms with van der Waals surface area (Å²) >= 11 is 0. The van der Waals surface area contributed by atoms with Gasteiger partial charge in [0.05, 0.1) is 13.0 Å². The van der Waals surface area contributed by atoms with Gasteiger partial charge in [-0.2, -0.15) is 0 Å². The maximum Gasteiger partial charge on any atom is 0.317 e. The van der Waals surface area contributed by atoms with E-state index in [1.165, 1.54) is 0 Å². The second-order valence-corrected chi connectivity index (χ2v) is 5.88. The highest BCUT2D eigenvalue weighted by Gasteiger charge is 2.23. The molecule has 1 unspecified atom stereocenters. The van der Waals surface area contributed by atoms with E-state index in [2.05, 4.69) is 5.32 Å². The summed E-state index contributed by atoms with van der Waals surface area (Å²) in [6.45, 7) is 3.45. The molecule has 0 bridgehead atoms. The fourth-order valence-corrected chi connectivity index (χ4v) is 2.72. The van der Waals surface area contributed by atoms with Gasteiger partial charge in [0, 0.05) is 13.1 Å². The van der Waals surface area contributed by atoms with Gasteiger partial charge in [0.25, 0.3) is 0 Å². The molecule has 6 heteroatoms. The van der Waals surface area contributed by atoms with E-state index >= 15 is 0 Å². The Bertz CT molecular complexity index is 507. The second-order valence-electron chi connectivity index (χ2n) is 5.88.